The molecule has 1 atom stereocenters. The average molecular weight is 369 g/mol. The third-order valence-corrected chi connectivity index (χ3v) is 4.48. The Morgan fingerprint density at radius 1 is 1.19 bits per heavy atom. The normalized spacial score (nSPS) is 11.7. The highest BCUT2D eigenvalue weighted by atomic mass is 32.1. The Balaban J connectivity index is 1.54. The van der Waals surface area contributed by atoms with Gasteiger partial charge in [-0.05, 0) is 17.0 Å². The Kier molecular flexibility index (Phi) is 6.10. The molecule has 3 rings (SSSR count). The quantitative estimate of drug-likeness (QED) is 0.636. The summed E-state index contributed by atoms with van der Waals surface area (Å²) in [4.78, 5) is 28.1. The predicted octanol–water partition coefficient (Wildman–Crippen LogP) is 2.02. The van der Waals surface area contributed by atoms with Crippen molar-refractivity contribution in [3.8, 4) is 0 Å². The van der Waals surface area contributed by atoms with E-state index in [-0.39, 0.29) is 30.8 Å². The van der Waals surface area contributed by atoms with E-state index >= 15 is 0 Å². The van der Waals surface area contributed by atoms with Gasteiger partial charge in [0.25, 0.3) is 5.91 Å². The Morgan fingerprint density at radius 3 is 2.73 bits per heavy atom. The topological polar surface area (TPSA) is 88.9 Å². The van der Waals surface area contributed by atoms with Crippen molar-refractivity contribution in [3.05, 3.63) is 70.9 Å². The third-order valence-electron chi connectivity index (χ3n) is 3.79. The number of nitrogens with one attached hydrogen (secondary N) is 2. The number of carbonyl (C=O) groups excluding carboxylic acids is 2. The van der Waals surface area contributed by atoms with E-state index in [4.69, 9.17) is 0 Å². The van der Waals surface area contributed by atoms with Gasteiger partial charge in [-0.3, -0.25) is 14.3 Å². The number of hydrogen-bond acceptors (Lipinski definition) is 5. The van der Waals surface area contributed by atoms with Gasteiger partial charge < -0.3 is 10.6 Å². The molecule has 0 aliphatic rings. The largest absolute Gasteiger partial charge is 0.351 e. The van der Waals surface area contributed by atoms with Crippen LogP contribution in [0.15, 0.2) is 59.8 Å². The fraction of sp³-hybridized carbons (Fsp3) is 0.222. The molecule has 0 radical (unpaired) electrons. The minimum absolute atomic E-state index is 0.135. The van der Waals surface area contributed by atoms with E-state index in [1.165, 1.54) is 17.7 Å². The van der Waals surface area contributed by atoms with Crippen LogP contribution in [-0.4, -0.2) is 33.1 Å². The number of rotatable bonds is 8. The fourth-order valence-corrected chi connectivity index (χ4v) is 3.12. The number of nitrogens with zero attached hydrogens (tertiary/aromatic N) is 3. The van der Waals surface area contributed by atoms with Crippen LogP contribution in [0.25, 0.3) is 0 Å². The zero-order valence-corrected chi connectivity index (χ0v) is 14.9. The van der Waals surface area contributed by atoms with Crippen molar-refractivity contribution in [3.63, 3.8) is 0 Å². The van der Waals surface area contributed by atoms with Gasteiger partial charge in [-0.2, -0.15) is 16.4 Å². The molecule has 1 unspecified atom stereocenters. The molecule has 2 heterocycles. The molecule has 134 valence electrons. The summed E-state index contributed by atoms with van der Waals surface area (Å²) < 4.78 is 1.68. The van der Waals surface area contributed by atoms with Gasteiger partial charge in [0.15, 0.2) is 0 Å². The first-order valence-corrected chi connectivity index (χ1v) is 9.14. The van der Waals surface area contributed by atoms with Crippen LogP contribution in [0.5, 0.6) is 0 Å². The van der Waals surface area contributed by atoms with Crippen molar-refractivity contribution in [2.24, 2.45) is 0 Å². The second-order valence-corrected chi connectivity index (χ2v) is 6.45. The maximum absolute atomic E-state index is 12.3. The third kappa shape index (κ3) is 5.00. The first kappa shape index (κ1) is 17.8. The van der Waals surface area contributed by atoms with Gasteiger partial charge in [-0.25, -0.2) is 4.98 Å². The Morgan fingerprint density at radius 2 is 2.04 bits per heavy atom. The van der Waals surface area contributed by atoms with Crippen molar-refractivity contribution in [2.75, 3.05) is 6.54 Å². The zero-order valence-electron chi connectivity index (χ0n) is 14.0. The summed E-state index contributed by atoms with van der Waals surface area (Å²) in [6.45, 7) is 0.766. The van der Waals surface area contributed by atoms with Gasteiger partial charge in [0, 0.05) is 23.9 Å². The number of hydrogen-bond donors (Lipinski definition) is 2. The van der Waals surface area contributed by atoms with E-state index < -0.39 is 0 Å². The Hall–Kier alpha value is -3.00. The van der Waals surface area contributed by atoms with Crippen LogP contribution in [-0.2, 0) is 11.3 Å². The van der Waals surface area contributed by atoms with Crippen LogP contribution in [0.1, 0.15) is 28.4 Å². The molecule has 0 aliphatic carbocycles. The van der Waals surface area contributed by atoms with Crippen LogP contribution in [0, 0.1) is 0 Å². The van der Waals surface area contributed by atoms with Crippen LogP contribution < -0.4 is 10.6 Å². The molecule has 0 bridgehead atoms. The van der Waals surface area contributed by atoms with Gasteiger partial charge >= 0.3 is 0 Å². The van der Waals surface area contributed by atoms with E-state index in [0.717, 1.165) is 5.56 Å². The molecule has 26 heavy (non-hydrogen) atoms. The number of carbonyl (C=O) groups is 2. The average Bonchev–Trinajstić information content (AvgIpc) is 3.36. The Labute approximate surface area is 155 Å². The number of benzene rings is 1. The molecule has 0 aliphatic heterocycles. The van der Waals surface area contributed by atoms with Gasteiger partial charge in [0.1, 0.15) is 12.7 Å². The van der Waals surface area contributed by atoms with E-state index in [0.29, 0.717) is 12.1 Å². The zero-order chi connectivity index (χ0) is 18.2. The summed E-state index contributed by atoms with van der Waals surface area (Å²) in [5, 5.41) is 13.5. The molecule has 0 saturated carbocycles. The van der Waals surface area contributed by atoms with E-state index in [1.807, 2.05) is 35.7 Å². The molecule has 0 fully saturated rings. The van der Waals surface area contributed by atoms with Crippen molar-refractivity contribution >= 4 is 23.2 Å². The first-order valence-electron chi connectivity index (χ1n) is 8.19. The van der Waals surface area contributed by atoms with Crippen LogP contribution >= 0.6 is 11.3 Å². The second kappa shape index (κ2) is 8.91. The Bertz CT molecular complexity index is 819. The lowest BCUT2D eigenvalue weighted by Crippen LogP contribution is -2.34. The van der Waals surface area contributed by atoms with Crippen molar-refractivity contribution in [2.45, 2.75) is 19.0 Å². The number of thiophene rings is 1. The number of amides is 2. The molecule has 1 aromatic carbocycles. The van der Waals surface area contributed by atoms with E-state index in [2.05, 4.69) is 20.7 Å². The molecule has 2 N–H and O–H groups in total. The van der Waals surface area contributed by atoms with Gasteiger partial charge in [-0.1, -0.05) is 30.3 Å². The highest BCUT2D eigenvalue weighted by Gasteiger charge is 2.16. The molecular weight excluding hydrogens is 350 g/mol. The van der Waals surface area contributed by atoms with Gasteiger partial charge in [-0.15, -0.1) is 0 Å². The fourth-order valence-electron chi connectivity index (χ4n) is 2.49. The smallest absolute Gasteiger partial charge is 0.252 e. The molecule has 2 aromatic heterocycles. The lowest BCUT2D eigenvalue weighted by Gasteiger charge is -2.19. The molecule has 2 amide bonds. The minimum atomic E-state index is -0.224. The summed E-state index contributed by atoms with van der Waals surface area (Å²) >= 11 is 1.46. The monoisotopic (exact) mass is 369 g/mol. The molecule has 7 nitrogen and oxygen atoms in total. The highest BCUT2D eigenvalue weighted by molar-refractivity contribution is 7.08. The maximum Gasteiger partial charge on any atom is 0.252 e. The summed E-state index contributed by atoms with van der Waals surface area (Å²) in [6, 6.07) is 11.2. The molecule has 0 spiro atoms. The van der Waals surface area contributed by atoms with Crippen molar-refractivity contribution < 1.29 is 9.59 Å². The lowest BCUT2D eigenvalue weighted by atomic mass is 10.1. The molecule has 3 aromatic rings. The lowest BCUT2D eigenvalue weighted by molar-refractivity contribution is -0.121. The molecule has 8 heteroatoms. The minimum Gasteiger partial charge on any atom is -0.351 e. The predicted molar refractivity (Wildman–Crippen MR) is 98.6 cm³/mol. The second-order valence-electron chi connectivity index (χ2n) is 5.67. The van der Waals surface area contributed by atoms with E-state index in [1.54, 1.807) is 22.5 Å². The summed E-state index contributed by atoms with van der Waals surface area (Å²) in [5.41, 5.74) is 1.60. The number of aromatic nitrogens is 3. The maximum atomic E-state index is 12.3. The highest BCUT2D eigenvalue weighted by Crippen LogP contribution is 2.14. The SMILES string of the molecule is O=C(CCNC(=O)c1ccsc1)NC(Cn1cncn1)c1ccccc1. The molecule has 0 saturated heterocycles. The first-order chi connectivity index (χ1) is 12.7. The van der Waals surface area contributed by atoms with E-state index in [9.17, 15) is 9.59 Å². The van der Waals surface area contributed by atoms with Crippen LogP contribution in [0.3, 0.4) is 0 Å². The summed E-state index contributed by atoms with van der Waals surface area (Å²) in [5.74, 6) is -0.300. The summed E-state index contributed by atoms with van der Waals surface area (Å²) in [7, 11) is 0. The summed E-state index contributed by atoms with van der Waals surface area (Å²) in [6.07, 6.45) is 3.28. The standard InChI is InChI=1S/C18H19N5O2S/c24-17(6-8-20-18(25)15-7-9-26-11-15)22-16(10-23-13-19-12-21-23)14-4-2-1-3-5-14/h1-5,7,9,11-13,16H,6,8,10H2,(H,20,25)(H,22,24). The van der Waals surface area contributed by atoms with Gasteiger partial charge in [0.05, 0.1) is 12.6 Å². The van der Waals surface area contributed by atoms with Gasteiger partial charge in [0.2, 0.25) is 5.91 Å². The van der Waals surface area contributed by atoms with Crippen molar-refractivity contribution in [1.29, 1.82) is 0 Å². The molecular formula is C18H19N5O2S. The van der Waals surface area contributed by atoms with Crippen LogP contribution in [0.4, 0.5) is 0 Å². The van der Waals surface area contributed by atoms with Crippen LogP contribution in [0.2, 0.25) is 0 Å². The van der Waals surface area contributed by atoms with Crippen molar-refractivity contribution in [1.82, 2.24) is 25.4 Å².